The first-order valence-corrected chi connectivity index (χ1v) is 13.7. The van der Waals surface area contributed by atoms with Crippen molar-refractivity contribution in [3.05, 3.63) is 29.8 Å². The lowest BCUT2D eigenvalue weighted by Crippen LogP contribution is -2.54. The highest BCUT2D eigenvalue weighted by Crippen LogP contribution is 2.33. The Hall–Kier alpha value is -1.09. The lowest BCUT2D eigenvalue weighted by Gasteiger charge is -2.38. The minimum Gasteiger partial charge on any atom is -0.377 e. The van der Waals surface area contributed by atoms with E-state index in [1.54, 1.807) is 12.0 Å². The highest BCUT2D eigenvalue weighted by molar-refractivity contribution is 7.59. The molecule has 0 bridgehead atoms. The van der Waals surface area contributed by atoms with E-state index in [-0.39, 0.29) is 90.2 Å². The highest BCUT2D eigenvalue weighted by Gasteiger charge is 2.54. The molecule has 4 fully saturated rings. The minimum absolute atomic E-state index is 0. The molecule has 1 aromatic carbocycles. The van der Waals surface area contributed by atoms with Crippen LogP contribution in [0.5, 0.6) is 0 Å². The maximum absolute atomic E-state index is 13.8. The predicted molar refractivity (Wildman–Crippen MR) is 181 cm³/mol. The summed E-state index contributed by atoms with van der Waals surface area (Å²) < 4.78 is 11.2. The number of amides is 2. The van der Waals surface area contributed by atoms with Crippen LogP contribution in [-0.4, -0.2) is 104 Å². The molecule has 1 saturated carbocycles. The first-order valence-electron chi connectivity index (χ1n) is 13.7. The molecule has 2 amide bonds. The van der Waals surface area contributed by atoms with E-state index in [0.717, 1.165) is 57.5 Å². The lowest BCUT2D eigenvalue weighted by atomic mass is 9.95. The topological polar surface area (TPSA) is 91.4 Å². The summed E-state index contributed by atoms with van der Waals surface area (Å²) in [6, 6.07) is 6.94. The Morgan fingerprint density at radius 3 is 2.15 bits per heavy atom. The third-order valence-corrected chi connectivity index (χ3v) is 8.69. The number of methoxy groups -OCH3 is 1. The quantitative estimate of drug-likeness (QED) is 0.485. The number of carbonyl (C=O) groups excluding carboxylic acids is 3. The van der Waals surface area contributed by atoms with Crippen LogP contribution in [0.4, 0.5) is 5.69 Å². The van der Waals surface area contributed by atoms with Crippen molar-refractivity contribution in [2.45, 2.75) is 69.9 Å². The molecule has 13 heteroatoms. The normalized spacial score (nSPS) is 25.0. The summed E-state index contributed by atoms with van der Waals surface area (Å²) in [5.74, 6) is -0.493. The van der Waals surface area contributed by atoms with Gasteiger partial charge in [0.15, 0.2) is 5.78 Å². The zero-order chi connectivity index (χ0) is 26.1. The molecule has 9 nitrogen and oxygen atoms in total. The number of fused-ring (bicyclic) bond motifs is 1. The van der Waals surface area contributed by atoms with Crippen molar-refractivity contribution in [1.82, 2.24) is 15.1 Å². The maximum Gasteiger partial charge on any atom is 0.251 e. The number of nitrogens with zero attached hydrogens (tertiary/aromatic N) is 3. The van der Waals surface area contributed by atoms with Crippen molar-refractivity contribution in [2.24, 2.45) is 5.92 Å². The van der Waals surface area contributed by atoms with Gasteiger partial charge in [0.05, 0.1) is 6.54 Å². The molecule has 4 atom stereocenters. The van der Waals surface area contributed by atoms with E-state index in [1.165, 1.54) is 0 Å². The van der Waals surface area contributed by atoms with Crippen LogP contribution >= 0.6 is 54.0 Å². The van der Waals surface area contributed by atoms with Crippen molar-refractivity contribution < 1.29 is 23.9 Å². The van der Waals surface area contributed by atoms with Crippen LogP contribution in [0.2, 0.25) is 0 Å². The maximum atomic E-state index is 13.8. The van der Waals surface area contributed by atoms with Gasteiger partial charge in [-0.2, -0.15) is 54.0 Å². The van der Waals surface area contributed by atoms with Crippen LogP contribution in [0, 0.1) is 5.92 Å². The molecule has 1 aliphatic carbocycles. The fraction of sp³-hybridized carbons (Fsp3) is 0.679. The van der Waals surface area contributed by atoms with Crippen LogP contribution < -0.4 is 10.2 Å². The molecule has 3 aliphatic heterocycles. The predicted octanol–water partition coefficient (Wildman–Crippen LogP) is 2.15. The minimum atomic E-state index is -0.663. The number of hydrogen-bond donors (Lipinski definition) is 1. The summed E-state index contributed by atoms with van der Waals surface area (Å²) in [5.41, 5.74) is 1.64. The van der Waals surface area contributed by atoms with Crippen molar-refractivity contribution >= 4 is 77.3 Å². The average Bonchev–Trinajstić information content (AvgIpc) is 3.66. The Balaban J connectivity index is 0.00000210. The van der Waals surface area contributed by atoms with Crippen molar-refractivity contribution in [3.63, 3.8) is 0 Å². The third kappa shape index (κ3) is 8.10. The van der Waals surface area contributed by atoms with Gasteiger partial charge in [-0.15, -0.1) is 0 Å². The van der Waals surface area contributed by atoms with Crippen LogP contribution in [0.3, 0.4) is 0 Å². The zero-order valence-corrected chi connectivity index (χ0v) is 28.2. The van der Waals surface area contributed by atoms with Gasteiger partial charge in [-0.1, -0.05) is 12.8 Å². The number of ether oxygens (including phenoxy) is 2. The van der Waals surface area contributed by atoms with Crippen LogP contribution in [0.25, 0.3) is 0 Å². The molecule has 5 rings (SSSR count). The fourth-order valence-electron chi connectivity index (χ4n) is 6.44. The highest BCUT2D eigenvalue weighted by atomic mass is 32.1. The molecule has 0 spiro atoms. The number of carbonyl (C=O) groups is 3. The van der Waals surface area contributed by atoms with Crippen molar-refractivity contribution in [3.8, 4) is 0 Å². The summed E-state index contributed by atoms with van der Waals surface area (Å²) in [6.07, 6.45) is 3.08. The fourth-order valence-corrected chi connectivity index (χ4v) is 6.44. The van der Waals surface area contributed by atoms with E-state index in [2.05, 4.69) is 29.0 Å². The molecule has 41 heavy (non-hydrogen) atoms. The first kappa shape index (κ1) is 37.9. The van der Waals surface area contributed by atoms with Crippen molar-refractivity contribution in [1.29, 1.82) is 0 Å². The van der Waals surface area contributed by atoms with Gasteiger partial charge < -0.3 is 24.6 Å². The number of benzene rings is 1. The largest absolute Gasteiger partial charge is 0.377 e. The van der Waals surface area contributed by atoms with Crippen LogP contribution in [0.15, 0.2) is 24.3 Å². The van der Waals surface area contributed by atoms with E-state index >= 15 is 0 Å². The first-order chi connectivity index (χ1) is 17.9. The summed E-state index contributed by atoms with van der Waals surface area (Å²) >= 11 is 0. The number of anilines is 1. The Bertz CT molecular complexity index is 1000. The van der Waals surface area contributed by atoms with Gasteiger partial charge in [-0.05, 0) is 56.9 Å². The van der Waals surface area contributed by atoms with Gasteiger partial charge in [0.1, 0.15) is 30.9 Å². The molecular formula is C28H48N4O5S4. The summed E-state index contributed by atoms with van der Waals surface area (Å²) in [4.78, 5) is 46.1. The molecule has 0 radical (unpaired) electrons. The van der Waals surface area contributed by atoms with Gasteiger partial charge in [-0.25, -0.2) is 0 Å². The zero-order valence-electron chi connectivity index (χ0n) is 24.2. The lowest BCUT2D eigenvalue weighted by molar-refractivity contribution is -0.139. The monoisotopic (exact) mass is 648 g/mol. The number of rotatable bonds is 7. The van der Waals surface area contributed by atoms with Gasteiger partial charge in [0.25, 0.3) is 5.91 Å². The molecule has 0 unspecified atom stereocenters. The number of nitrogens with one attached hydrogen (secondary N) is 1. The van der Waals surface area contributed by atoms with Gasteiger partial charge in [0.2, 0.25) is 5.91 Å². The van der Waals surface area contributed by atoms with E-state index in [1.807, 2.05) is 24.3 Å². The Morgan fingerprint density at radius 2 is 1.59 bits per heavy atom. The van der Waals surface area contributed by atoms with Crippen molar-refractivity contribution in [2.75, 3.05) is 51.3 Å². The molecule has 1 aromatic rings. The number of piperazine rings is 1. The Labute approximate surface area is 272 Å². The third-order valence-electron chi connectivity index (χ3n) is 8.69. The second-order valence-electron chi connectivity index (χ2n) is 11.1. The molecule has 4 aliphatic rings. The number of likely N-dealkylation sites (tertiary alicyclic amines) is 1. The molecule has 3 saturated heterocycles. The van der Waals surface area contributed by atoms with E-state index in [0.29, 0.717) is 18.2 Å². The molecule has 234 valence electrons. The number of ketones is 1. The standard InChI is InChI=1S/C28H40N4O5.4H2S/c1-18(2)30-12-14-31(15-13-30)21-10-8-20(9-11-21)27(34)29-24(19-6-4-5-7-19)28(35)32-16-23(36-3)26-25(32)22(33)17-37-26;;;;/h8-11,18-19,23-26H,4-7,12-17H2,1-3H3,(H,29,34);4*1H2/t23-,24-,25+,26+;;;;/m0..../s1. The summed E-state index contributed by atoms with van der Waals surface area (Å²) in [5, 5.41) is 3.05. The summed E-state index contributed by atoms with van der Waals surface area (Å²) in [6.45, 7) is 8.73. The van der Waals surface area contributed by atoms with E-state index in [9.17, 15) is 14.4 Å². The van der Waals surface area contributed by atoms with E-state index < -0.39 is 18.2 Å². The smallest absolute Gasteiger partial charge is 0.251 e. The second kappa shape index (κ2) is 16.7. The molecule has 1 N–H and O–H groups in total. The average molecular weight is 649 g/mol. The van der Waals surface area contributed by atoms with Crippen LogP contribution in [0.1, 0.15) is 49.9 Å². The van der Waals surface area contributed by atoms with E-state index in [4.69, 9.17) is 9.47 Å². The van der Waals surface area contributed by atoms with Crippen LogP contribution in [-0.2, 0) is 19.1 Å². The Kier molecular flexibility index (Phi) is 15.4. The molecular weight excluding hydrogens is 601 g/mol. The Morgan fingerprint density at radius 1 is 0.976 bits per heavy atom. The van der Waals surface area contributed by atoms with Gasteiger partial charge in [0, 0.05) is 50.6 Å². The number of Topliss-reactive ketones (excluding diaryl/α,β-unsaturated/α-hetero) is 1. The summed E-state index contributed by atoms with van der Waals surface area (Å²) in [7, 11) is 1.58. The number of hydrogen-bond acceptors (Lipinski definition) is 7. The van der Waals surface area contributed by atoms with Gasteiger partial charge >= 0.3 is 0 Å². The van der Waals surface area contributed by atoms with Gasteiger partial charge in [-0.3, -0.25) is 19.3 Å². The second-order valence-corrected chi connectivity index (χ2v) is 11.1. The molecule has 3 heterocycles. The SMILES string of the molecule is CO[C@H]1CN(C(=O)[C@@H](NC(=O)c2ccc(N3CCN(C(C)C)CC3)cc2)C2CCCC2)[C@@H]2C(=O)CO[C@H]12.S.S.S.S. The molecule has 0 aromatic heterocycles.